The highest BCUT2D eigenvalue weighted by Crippen LogP contribution is 2.26. The van der Waals surface area contributed by atoms with E-state index in [0.29, 0.717) is 28.3 Å². The van der Waals surface area contributed by atoms with Gasteiger partial charge in [-0.1, -0.05) is 27.5 Å². The van der Waals surface area contributed by atoms with Gasteiger partial charge in [-0.2, -0.15) is 0 Å². The van der Waals surface area contributed by atoms with E-state index in [2.05, 4.69) is 20.9 Å². The van der Waals surface area contributed by atoms with Crippen molar-refractivity contribution in [2.45, 2.75) is 6.92 Å². The van der Waals surface area contributed by atoms with Crippen molar-refractivity contribution in [2.75, 3.05) is 6.61 Å². The van der Waals surface area contributed by atoms with Gasteiger partial charge in [0.15, 0.2) is 4.77 Å². The van der Waals surface area contributed by atoms with E-state index in [-0.39, 0.29) is 10.3 Å². The zero-order valence-electron chi connectivity index (χ0n) is 13.0. The molecule has 0 spiro atoms. The third-order valence-corrected chi connectivity index (χ3v) is 4.61. The molecule has 25 heavy (non-hydrogen) atoms. The molecule has 0 unspecified atom stereocenters. The van der Waals surface area contributed by atoms with Crippen LogP contribution in [0.2, 0.25) is 5.02 Å². The Morgan fingerprint density at radius 1 is 1.32 bits per heavy atom. The Hall–Kier alpha value is -1.96. The van der Waals surface area contributed by atoms with E-state index < -0.39 is 11.5 Å². The molecule has 0 atom stereocenters. The number of hydrogen-bond donors (Lipinski definition) is 1. The Bertz CT molecular complexity index is 1110. The Kier molecular flexibility index (Phi) is 5.08. The molecule has 3 rings (SSSR count). The fraction of sp³-hybridized carbons (Fsp3) is 0.118. The maximum Gasteiger partial charge on any atom is 0.269 e. The molecule has 8 heteroatoms. The molecular formula is C17H12BrClN2O3S. The van der Waals surface area contributed by atoms with Crippen LogP contribution in [0.4, 0.5) is 0 Å². The third kappa shape index (κ3) is 3.40. The van der Waals surface area contributed by atoms with Gasteiger partial charge >= 0.3 is 0 Å². The molecule has 3 aromatic rings. The predicted octanol–water partition coefficient (Wildman–Crippen LogP) is 4.56. The van der Waals surface area contributed by atoms with Crippen LogP contribution in [0.1, 0.15) is 17.3 Å². The number of ether oxygens (including phenoxy) is 1. The van der Waals surface area contributed by atoms with Crippen molar-refractivity contribution in [3.63, 3.8) is 0 Å². The number of H-pyrrole nitrogens is 1. The van der Waals surface area contributed by atoms with Gasteiger partial charge in [-0.25, -0.2) is 4.57 Å². The number of benzene rings is 2. The lowest BCUT2D eigenvalue weighted by Gasteiger charge is -2.09. The molecule has 1 N–H and O–H groups in total. The molecular weight excluding hydrogens is 428 g/mol. The highest BCUT2D eigenvalue weighted by atomic mass is 79.9. The van der Waals surface area contributed by atoms with E-state index in [9.17, 15) is 9.59 Å². The molecule has 1 heterocycles. The van der Waals surface area contributed by atoms with Crippen molar-refractivity contribution < 1.29 is 9.53 Å². The monoisotopic (exact) mass is 438 g/mol. The van der Waals surface area contributed by atoms with Crippen LogP contribution in [0.3, 0.4) is 0 Å². The average molecular weight is 440 g/mol. The predicted molar refractivity (Wildman–Crippen MR) is 103 cm³/mol. The molecule has 0 aliphatic heterocycles. The summed E-state index contributed by atoms with van der Waals surface area (Å²) in [5, 5.41) is 0.646. The second-order valence-corrected chi connectivity index (χ2v) is 6.85. The molecule has 5 nitrogen and oxygen atoms in total. The molecule has 0 saturated heterocycles. The van der Waals surface area contributed by atoms with Crippen LogP contribution in [0.5, 0.6) is 5.75 Å². The Labute approximate surface area is 161 Å². The number of aromatic amines is 1. The maximum atomic E-state index is 12.8. The molecule has 0 bridgehead atoms. The van der Waals surface area contributed by atoms with Crippen molar-refractivity contribution in [3.05, 3.63) is 66.6 Å². The minimum absolute atomic E-state index is 0.0230. The number of nitrogens with zero attached hydrogens (tertiary/aromatic N) is 1. The SMILES string of the molecule is CCOc1ccc(C(=O)n2c(=S)[nH]c3ccc(Br)cc3c2=O)cc1Cl. The summed E-state index contributed by atoms with van der Waals surface area (Å²) < 4.78 is 7.03. The largest absolute Gasteiger partial charge is 0.492 e. The number of halogens is 2. The quantitative estimate of drug-likeness (QED) is 0.608. The number of carbonyl (C=O) groups excluding carboxylic acids is 1. The molecule has 1 aromatic heterocycles. The van der Waals surface area contributed by atoms with Gasteiger partial charge in [0.2, 0.25) is 0 Å². The lowest BCUT2D eigenvalue weighted by molar-refractivity contribution is 0.0953. The van der Waals surface area contributed by atoms with E-state index in [4.69, 9.17) is 28.6 Å². The van der Waals surface area contributed by atoms with Crippen LogP contribution in [0, 0.1) is 4.77 Å². The molecule has 0 aliphatic carbocycles. The minimum Gasteiger partial charge on any atom is -0.492 e. The Morgan fingerprint density at radius 3 is 2.76 bits per heavy atom. The van der Waals surface area contributed by atoms with Gasteiger partial charge in [0.1, 0.15) is 5.75 Å². The standard InChI is InChI=1S/C17H12BrClN2O3S/c1-2-24-14-6-3-9(7-12(14)19)15(22)21-16(23)11-8-10(18)4-5-13(11)20-17(21)25/h3-8H,2H2,1H3,(H,20,25). The van der Waals surface area contributed by atoms with E-state index in [1.807, 2.05) is 6.92 Å². The number of fused-ring (bicyclic) bond motifs is 1. The van der Waals surface area contributed by atoms with Crippen LogP contribution in [-0.2, 0) is 0 Å². The molecule has 128 valence electrons. The first-order valence-corrected chi connectivity index (χ1v) is 8.92. The molecule has 0 aliphatic rings. The molecule has 0 saturated carbocycles. The zero-order valence-corrected chi connectivity index (χ0v) is 16.2. The normalized spacial score (nSPS) is 10.8. The minimum atomic E-state index is -0.557. The first-order chi connectivity index (χ1) is 11.9. The average Bonchev–Trinajstić information content (AvgIpc) is 2.57. The number of hydrogen-bond acceptors (Lipinski definition) is 4. The molecule has 2 aromatic carbocycles. The maximum absolute atomic E-state index is 12.8. The summed E-state index contributed by atoms with van der Waals surface area (Å²) in [5.74, 6) is -0.0845. The van der Waals surface area contributed by atoms with Gasteiger partial charge in [0.05, 0.1) is 22.5 Å². The number of carbonyl (C=O) groups is 1. The van der Waals surface area contributed by atoms with Crippen molar-refractivity contribution in [1.29, 1.82) is 0 Å². The van der Waals surface area contributed by atoms with Gasteiger partial charge in [-0.15, -0.1) is 0 Å². The Morgan fingerprint density at radius 2 is 2.08 bits per heavy atom. The van der Waals surface area contributed by atoms with Crippen molar-refractivity contribution >= 4 is 56.6 Å². The second-order valence-electron chi connectivity index (χ2n) is 5.14. The summed E-state index contributed by atoms with van der Waals surface area (Å²) in [4.78, 5) is 28.5. The fourth-order valence-electron chi connectivity index (χ4n) is 2.41. The van der Waals surface area contributed by atoms with Gasteiger partial charge in [-0.3, -0.25) is 9.59 Å². The van der Waals surface area contributed by atoms with Crippen molar-refractivity contribution in [1.82, 2.24) is 9.55 Å². The summed E-state index contributed by atoms with van der Waals surface area (Å²) >= 11 is 14.6. The molecule has 0 amide bonds. The summed E-state index contributed by atoms with van der Waals surface area (Å²) in [6.45, 7) is 2.29. The van der Waals surface area contributed by atoms with Gasteiger partial charge < -0.3 is 9.72 Å². The van der Waals surface area contributed by atoms with E-state index >= 15 is 0 Å². The fourth-order valence-corrected chi connectivity index (χ4v) is 3.28. The molecule has 0 radical (unpaired) electrons. The van der Waals surface area contributed by atoms with Gasteiger partial charge in [0, 0.05) is 10.0 Å². The lowest BCUT2D eigenvalue weighted by Crippen LogP contribution is -2.29. The summed E-state index contributed by atoms with van der Waals surface area (Å²) in [5.41, 5.74) is 0.312. The highest BCUT2D eigenvalue weighted by molar-refractivity contribution is 9.10. The van der Waals surface area contributed by atoms with E-state index in [1.54, 1.807) is 30.3 Å². The second kappa shape index (κ2) is 7.11. The topological polar surface area (TPSA) is 64.1 Å². The van der Waals surface area contributed by atoms with Crippen LogP contribution < -0.4 is 10.3 Å². The third-order valence-electron chi connectivity index (χ3n) is 3.54. The molecule has 0 fully saturated rings. The summed E-state index contributed by atoms with van der Waals surface area (Å²) in [7, 11) is 0. The number of rotatable bonds is 3. The first-order valence-electron chi connectivity index (χ1n) is 7.34. The number of nitrogens with one attached hydrogen (secondary N) is 1. The van der Waals surface area contributed by atoms with Crippen LogP contribution >= 0.6 is 39.7 Å². The van der Waals surface area contributed by atoms with Crippen molar-refractivity contribution in [2.24, 2.45) is 0 Å². The van der Waals surface area contributed by atoms with Crippen LogP contribution in [0.15, 0.2) is 45.7 Å². The first kappa shape index (κ1) is 17.8. The van der Waals surface area contributed by atoms with Crippen molar-refractivity contribution in [3.8, 4) is 5.75 Å². The van der Waals surface area contributed by atoms with E-state index in [1.165, 1.54) is 6.07 Å². The Balaban J connectivity index is 2.16. The van der Waals surface area contributed by atoms with Gasteiger partial charge in [-0.05, 0) is 55.5 Å². The van der Waals surface area contributed by atoms with Gasteiger partial charge in [0.25, 0.3) is 11.5 Å². The number of aromatic nitrogens is 2. The van der Waals surface area contributed by atoms with Crippen LogP contribution in [-0.4, -0.2) is 22.1 Å². The zero-order chi connectivity index (χ0) is 18.1. The van der Waals surface area contributed by atoms with Crippen LogP contribution in [0.25, 0.3) is 10.9 Å². The highest BCUT2D eigenvalue weighted by Gasteiger charge is 2.16. The summed E-state index contributed by atoms with van der Waals surface area (Å²) in [6, 6.07) is 9.74. The van der Waals surface area contributed by atoms with E-state index in [0.717, 1.165) is 9.04 Å². The lowest BCUT2D eigenvalue weighted by atomic mass is 10.2. The summed E-state index contributed by atoms with van der Waals surface area (Å²) in [6.07, 6.45) is 0. The smallest absolute Gasteiger partial charge is 0.269 e.